The van der Waals surface area contributed by atoms with Gasteiger partial charge in [0.15, 0.2) is 0 Å². The lowest BCUT2D eigenvalue weighted by molar-refractivity contribution is -0.120. The van der Waals surface area contributed by atoms with Gasteiger partial charge in [-0.1, -0.05) is 46.9 Å². The van der Waals surface area contributed by atoms with Crippen molar-refractivity contribution >= 4 is 46.6 Å². The van der Waals surface area contributed by atoms with Crippen LogP contribution in [0.2, 0.25) is 15.1 Å². The molecule has 0 bridgehead atoms. The molecule has 0 unspecified atom stereocenters. The summed E-state index contributed by atoms with van der Waals surface area (Å²) >= 11 is 17.5. The fraction of sp³-hybridized carbons (Fsp3) is 0.125. The summed E-state index contributed by atoms with van der Waals surface area (Å²) in [7, 11) is 0. The van der Waals surface area contributed by atoms with Crippen molar-refractivity contribution in [2.75, 3.05) is 6.54 Å². The molecule has 0 saturated heterocycles. The maximum Gasteiger partial charge on any atom is 0.251 e. The van der Waals surface area contributed by atoms with Gasteiger partial charge in [0, 0.05) is 17.1 Å². The van der Waals surface area contributed by atoms with E-state index in [1.807, 2.05) is 6.07 Å². The maximum atomic E-state index is 11.9. The molecule has 23 heavy (non-hydrogen) atoms. The van der Waals surface area contributed by atoms with Crippen molar-refractivity contribution in [3.63, 3.8) is 0 Å². The number of hydrogen-bond acceptors (Lipinski definition) is 2. The van der Waals surface area contributed by atoms with Crippen LogP contribution in [-0.4, -0.2) is 18.4 Å². The number of benzene rings is 2. The number of hydrogen-bond donors (Lipinski definition) is 2. The molecule has 0 aliphatic rings. The Kier molecular flexibility index (Phi) is 6.28. The molecule has 0 heterocycles. The Labute approximate surface area is 148 Å². The van der Waals surface area contributed by atoms with E-state index >= 15 is 0 Å². The molecule has 0 aliphatic heterocycles. The first kappa shape index (κ1) is 17.6. The smallest absolute Gasteiger partial charge is 0.251 e. The maximum absolute atomic E-state index is 11.9. The van der Waals surface area contributed by atoms with E-state index < -0.39 is 5.91 Å². The second-order valence-electron chi connectivity index (χ2n) is 4.72. The summed E-state index contributed by atoms with van der Waals surface area (Å²) in [5.41, 5.74) is 1.21. The average molecular weight is 372 g/mol. The molecule has 4 nitrogen and oxygen atoms in total. The second kappa shape index (κ2) is 8.20. The minimum Gasteiger partial charge on any atom is -0.350 e. The first-order valence-corrected chi connectivity index (χ1v) is 7.83. The van der Waals surface area contributed by atoms with E-state index in [0.717, 1.165) is 5.56 Å². The van der Waals surface area contributed by atoms with Gasteiger partial charge in [0.2, 0.25) is 5.91 Å². The van der Waals surface area contributed by atoms with Gasteiger partial charge in [-0.05, 0) is 35.9 Å². The highest BCUT2D eigenvalue weighted by molar-refractivity contribution is 6.42. The molecule has 0 spiro atoms. The van der Waals surface area contributed by atoms with Crippen LogP contribution in [0.25, 0.3) is 0 Å². The Hall–Kier alpha value is -1.75. The van der Waals surface area contributed by atoms with E-state index in [1.165, 1.54) is 18.2 Å². The Bertz CT molecular complexity index is 735. The molecule has 0 fully saturated rings. The fourth-order valence-corrected chi connectivity index (χ4v) is 2.32. The van der Waals surface area contributed by atoms with Gasteiger partial charge in [0.25, 0.3) is 5.91 Å². The number of nitrogens with one attached hydrogen (secondary N) is 2. The van der Waals surface area contributed by atoms with Crippen LogP contribution in [-0.2, 0) is 11.3 Å². The summed E-state index contributed by atoms with van der Waals surface area (Å²) in [6.45, 7) is 0.196. The number of rotatable bonds is 5. The van der Waals surface area contributed by atoms with Gasteiger partial charge in [0.1, 0.15) is 0 Å². The molecule has 2 aromatic rings. The summed E-state index contributed by atoms with van der Waals surface area (Å²) in [4.78, 5) is 23.7. The number of halogens is 3. The first-order chi connectivity index (χ1) is 11.0. The van der Waals surface area contributed by atoms with E-state index in [9.17, 15) is 9.59 Å². The third kappa shape index (κ3) is 5.43. The molecule has 0 aliphatic carbocycles. The van der Waals surface area contributed by atoms with E-state index in [2.05, 4.69) is 10.6 Å². The minimum absolute atomic E-state index is 0.139. The fourth-order valence-electron chi connectivity index (χ4n) is 1.81. The molecule has 7 heteroatoms. The van der Waals surface area contributed by atoms with Crippen LogP contribution in [0.5, 0.6) is 0 Å². The zero-order valence-corrected chi connectivity index (χ0v) is 14.2. The summed E-state index contributed by atoms with van der Waals surface area (Å²) in [6.07, 6.45) is 0. The lowest BCUT2D eigenvalue weighted by Gasteiger charge is -2.08. The quantitative estimate of drug-likeness (QED) is 0.842. The topological polar surface area (TPSA) is 58.2 Å². The molecule has 2 amide bonds. The largest absolute Gasteiger partial charge is 0.350 e. The Morgan fingerprint density at radius 2 is 1.70 bits per heavy atom. The standard InChI is InChI=1S/C16H13Cl3N2O2/c17-12-3-1-2-10(6-12)8-20-15(22)9-21-16(23)11-4-5-13(18)14(19)7-11/h1-7H,8-9H2,(H,20,22)(H,21,23). The molecular weight excluding hydrogens is 359 g/mol. The van der Waals surface area contributed by atoms with Crippen molar-refractivity contribution in [3.8, 4) is 0 Å². The molecule has 120 valence electrons. The summed E-state index contributed by atoms with van der Waals surface area (Å²) in [5.74, 6) is -0.708. The van der Waals surface area contributed by atoms with Crippen LogP contribution >= 0.6 is 34.8 Å². The van der Waals surface area contributed by atoms with Gasteiger partial charge < -0.3 is 10.6 Å². The SMILES string of the molecule is O=C(CNC(=O)c1ccc(Cl)c(Cl)c1)NCc1cccc(Cl)c1. The Morgan fingerprint density at radius 3 is 2.39 bits per heavy atom. The molecule has 0 radical (unpaired) electrons. The third-order valence-corrected chi connectivity index (χ3v) is 3.94. The second-order valence-corrected chi connectivity index (χ2v) is 5.97. The van der Waals surface area contributed by atoms with E-state index in [1.54, 1.807) is 18.2 Å². The van der Waals surface area contributed by atoms with Crippen LogP contribution < -0.4 is 10.6 Å². The normalized spacial score (nSPS) is 10.2. The predicted octanol–water partition coefficient (Wildman–Crippen LogP) is 3.69. The van der Waals surface area contributed by atoms with Gasteiger partial charge in [-0.2, -0.15) is 0 Å². The summed E-state index contributed by atoms with van der Waals surface area (Å²) < 4.78 is 0. The van der Waals surface area contributed by atoms with E-state index in [4.69, 9.17) is 34.8 Å². The lowest BCUT2D eigenvalue weighted by Crippen LogP contribution is -2.36. The van der Waals surface area contributed by atoms with Crippen molar-refractivity contribution in [3.05, 3.63) is 68.7 Å². The molecular formula is C16H13Cl3N2O2. The van der Waals surface area contributed by atoms with Crippen molar-refractivity contribution in [2.45, 2.75) is 6.54 Å². The Morgan fingerprint density at radius 1 is 0.913 bits per heavy atom. The van der Waals surface area contributed by atoms with Crippen LogP contribution in [0.1, 0.15) is 15.9 Å². The van der Waals surface area contributed by atoms with Crippen LogP contribution in [0.3, 0.4) is 0 Å². The molecule has 0 saturated carbocycles. The molecule has 0 atom stereocenters. The zero-order chi connectivity index (χ0) is 16.8. The monoisotopic (exact) mass is 370 g/mol. The van der Waals surface area contributed by atoms with Gasteiger partial charge in [-0.25, -0.2) is 0 Å². The minimum atomic E-state index is -0.401. The van der Waals surface area contributed by atoms with Gasteiger partial charge in [-0.3, -0.25) is 9.59 Å². The van der Waals surface area contributed by atoms with Gasteiger partial charge >= 0.3 is 0 Å². The van der Waals surface area contributed by atoms with Crippen LogP contribution in [0.15, 0.2) is 42.5 Å². The summed E-state index contributed by atoms with van der Waals surface area (Å²) in [6, 6.07) is 11.7. The molecule has 2 N–H and O–H groups in total. The van der Waals surface area contributed by atoms with Crippen molar-refractivity contribution < 1.29 is 9.59 Å². The average Bonchev–Trinajstić information content (AvgIpc) is 2.53. The van der Waals surface area contributed by atoms with E-state index in [0.29, 0.717) is 22.2 Å². The number of carbonyl (C=O) groups is 2. The third-order valence-electron chi connectivity index (χ3n) is 2.97. The number of carbonyl (C=O) groups excluding carboxylic acids is 2. The molecule has 0 aromatic heterocycles. The summed E-state index contributed by atoms with van der Waals surface area (Å²) in [5, 5.41) is 6.46. The van der Waals surface area contributed by atoms with E-state index in [-0.39, 0.29) is 17.5 Å². The highest BCUT2D eigenvalue weighted by Gasteiger charge is 2.09. The van der Waals surface area contributed by atoms with Gasteiger partial charge in [-0.15, -0.1) is 0 Å². The predicted molar refractivity (Wildman–Crippen MR) is 92.1 cm³/mol. The van der Waals surface area contributed by atoms with Crippen molar-refractivity contribution in [2.24, 2.45) is 0 Å². The first-order valence-electron chi connectivity index (χ1n) is 6.70. The van der Waals surface area contributed by atoms with Crippen molar-refractivity contribution in [1.29, 1.82) is 0 Å². The highest BCUT2D eigenvalue weighted by Crippen LogP contribution is 2.22. The van der Waals surface area contributed by atoms with Crippen LogP contribution in [0.4, 0.5) is 0 Å². The lowest BCUT2D eigenvalue weighted by atomic mass is 10.2. The van der Waals surface area contributed by atoms with Gasteiger partial charge in [0.05, 0.1) is 16.6 Å². The Balaban J connectivity index is 1.81. The van der Waals surface area contributed by atoms with Crippen LogP contribution in [0, 0.1) is 0 Å². The molecule has 2 aromatic carbocycles. The number of amides is 2. The van der Waals surface area contributed by atoms with Crippen molar-refractivity contribution in [1.82, 2.24) is 10.6 Å². The highest BCUT2D eigenvalue weighted by atomic mass is 35.5. The molecule has 2 rings (SSSR count). The zero-order valence-electron chi connectivity index (χ0n) is 11.9.